The van der Waals surface area contributed by atoms with E-state index in [2.05, 4.69) is 5.32 Å². The maximum Gasteiger partial charge on any atom is 0.243 e. The van der Waals surface area contributed by atoms with Crippen LogP contribution in [0.1, 0.15) is 25.7 Å². The molecule has 0 saturated carbocycles. The Labute approximate surface area is 180 Å². The maximum atomic E-state index is 12.5. The zero-order valence-corrected chi connectivity index (χ0v) is 18.1. The van der Waals surface area contributed by atoms with Crippen molar-refractivity contribution in [3.05, 3.63) is 52.5 Å². The summed E-state index contributed by atoms with van der Waals surface area (Å²) in [5, 5.41) is 3.71. The Balaban J connectivity index is 1.45. The van der Waals surface area contributed by atoms with Crippen LogP contribution in [0.15, 0.2) is 47.4 Å². The van der Waals surface area contributed by atoms with Gasteiger partial charge in [-0.2, -0.15) is 4.31 Å². The highest BCUT2D eigenvalue weighted by atomic mass is 35.5. The minimum atomic E-state index is -3.45. The van der Waals surface area contributed by atoms with Gasteiger partial charge in [0.1, 0.15) is 5.75 Å². The van der Waals surface area contributed by atoms with E-state index in [0.717, 1.165) is 12.8 Å². The van der Waals surface area contributed by atoms with Crippen molar-refractivity contribution in [1.82, 2.24) is 4.31 Å². The van der Waals surface area contributed by atoms with Crippen molar-refractivity contribution in [2.75, 3.05) is 25.0 Å². The maximum absolute atomic E-state index is 12.5. The van der Waals surface area contributed by atoms with Gasteiger partial charge in [0, 0.05) is 30.2 Å². The quantitative estimate of drug-likeness (QED) is 0.589. The number of amides is 1. The molecule has 3 rings (SSSR count). The molecule has 0 radical (unpaired) electrons. The Morgan fingerprint density at radius 1 is 1.07 bits per heavy atom. The van der Waals surface area contributed by atoms with E-state index >= 15 is 0 Å². The third-order valence-corrected chi connectivity index (χ3v) is 6.98. The summed E-state index contributed by atoms with van der Waals surface area (Å²) >= 11 is 11.9. The molecule has 2 aromatic carbocycles. The van der Waals surface area contributed by atoms with Gasteiger partial charge in [-0.25, -0.2) is 8.42 Å². The van der Waals surface area contributed by atoms with E-state index in [1.807, 2.05) is 0 Å². The fourth-order valence-corrected chi connectivity index (χ4v) is 5.00. The summed E-state index contributed by atoms with van der Waals surface area (Å²) in [4.78, 5) is 12.3. The lowest BCUT2D eigenvalue weighted by atomic mass is 10.2. The molecule has 0 atom stereocenters. The second kappa shape index (κ2) is 9.80. The standard InChI is InChI=1S/C20H22Cl2N2O4S/c21-15-5-10-19(18(22)14-15)28-13-3-4-20(25)23-16-6-8-17(9-7-16)29(26,27)24-11-1-2-12-24/h5-10,14H,1-4,11-13H2,(H,23,25). The van der Waals surface area contributed by atoms with E-state index in [0.29, 0.717) is 47.6 Å². The second-order valence-electron chi connectivity index (χ2n) is 6.71. The Kier molecular flexibility index (Phi) is 7.40. The third kappa shape index (κ3) is 5.85. The van der Waals surface area contributed by atoms with Crippen molar-refractivity contribution in [1.29, 1.82) is 0 Å². The number of ether oxygens (including phenoxy) is 1. The van der Waals surface area contributed by atoms with Crippen LogP contribution in [0.5, 0.6) is 5.75 Å². The van der Waals surface area contributed by atoms with Crippen molar-refractivity contribution < 1.29 is 17.9 Å². The Morgan fingerprint density at radius 3 is 2.41 bits per heavy atom. The van der Waals surface area contributed by atoms with Gasteiger partial charge < -0.3 is 10.1 Å². The zero-order valence-electron chi connectivity index (χ0n) is 15.7. The summed E-state index contributed by atoms with van der Waals surface area (Å²) in [5.74, 6) is 0.345. The molecular weight excluding hydrogens is 435 g/mol. The van der Waals surface area contributed by atoms with Gasteiger partial charge in [0.05, 0.1) is 16.5 Å². The van der Waals surface area contributed by atoms with E-state index < -0.39 is 10.0 Å². The van der Waals surface area contributed by atoms with Crippen molar-refractivity contribution in [3.63, 3.8) is 0 Å². The number of nitrogens with one attached hydrogen (secondary N) is 1. The molecule has 1 saturated heterocycles. The van der Waals surface area contributed by atoms with Gasteiger partial charge in [-0.1, -0.05) is 23.2 Å². The zero-order chi connectivity index (χ0) is 20.9. The highest BCUT2D eigenvalue weighted by molar-refractivity contribution is 7.89. The van der Waals surface area contributed by atoms with Gasteiger partial charge in [-0.3, -0.25) is 4.79 Å². The lowest BCUT2D eigenvalue weighted by Crippen LogP contribution is -2.27. The van der Waals surface area contributed by atoms with Crippen molar-refractivity contribution in [3.8, 4) is 5.75 Å². The molecule has 6 nitrogen and oxygen atoms in total. The van der Waals surface area contributed by atoms with Crippen LogP contribution in [-0.2, 0) is 14.8 Å². The summed E-state index contributed by atoms with van der Waals surface area (Å²) in [6.07, 6.45) is 2.55. The first-order chi connectivity index (χ1) is 13.9. The van der Waals surface area contributed by atoms with Gasteiger partial charge >= 0.3 is 0 Å². The number of rotatable bonds is 8. The van der Waals surface area contributed by atoms with Crippen LogP contribution in [0, 0.1) is 0 Å². The molecule has 0 bridgehead atoms. The highest BCUT2D eigenvalue weighted by Crippen LogP contribution is 2.27. The molecule has 1 N–H and O–H groups in total. The van der Waals surface area contributed by atoms with Gasteiger partial charge in [-0.15, -0.1) is 0 Å². The molecule has 0 aliphatic carbocycles. The fourth-order valence-electron chi connectivity index (χ4n) is 3.02. The first-order valence-electron chi connectivity index (χ1n) is 9.34. The topological polar surface area (TPSA) is 75.7 Å². The number of benzene rings is 2. The molecular formula is C20H22Cl2N2O4S. The van der Waals surface area contributed by atoms with Crippen LogP contribution < -0.4 is 10.1 Å². The number of nitrogens with zero attached hydrogens (tertiary/aromatic N) is 1. The molecule has 0 unspecified atom stereocenters. The molecule has 29 heavy (non-hydrogen) atoms. The first kappa shape index (κ1) is 21.9. The number of carbonyl (C=O) groups is 1. The molecule has 0 spiro atoms. The van der Waals surface area contributed by atoms with Crippen LogP contribution in [0.3, 0.4) is 0 Å². The molecule has 1 aliphatic heterocycles. The Morgan fingerprint density at radius 2 is 1.76 bits per heavy atom. The first-order valence-corrected chi connectivity index (χ1v) is 11.5. The lowest BCUT2D eigenvalue weighted by molar-refractivity contribution is -0.116. The molecule has 9 heteroatoms. The molecule has 1 fully saturated rings. The smallest absolute Gasteiger partial charge is 0.243 e. The van der Waals surface area contributed by atoms with Gasteiger partial charge in [-0.05, 0) is 61.7 Å². The summed E-state index contributed by atoms with van der Waals surface area (Å²) in [6, 6.07) is 11.2. The van der Waals surface area contributed by atoms with Crippen LogP contribution >= 0.6 is 23.2 Å². The Hall–Kier alpha value is -1.80. The minimum absolute atomic E-state index is 0.175. The van der Waals surface area contributed by atoms with Crippen molar-refractivity contribution >= 4 is 44.8 Å². The lowest BCUT2D eigenvalue weighted by Gasteiger charge is -2.15. The average molecular weight is 457 g/mol. The predicted octanol–water partition coefficient (Wildman–Crippen LogP) is 4.58. The molecule has 1 aliphatic rings. The van der Waals surface area contributed by atoms with Crippen molar-refractivity contribution in [2.45, 2.75) is 30.6 Å². The number of carbonyl (C=O) groups excluding carboxylic acids is 1. The van der Waals surface area contributed by atoms with Crippen LogP contribution in [0.2, 0.25) is 10.0 Å². The molecule has 1 amide bonds. The average Bonchev–Trinajstić information content (AvgIpc) is 3.23. The number of halogens is 2. The number of anilines is 1. The summed E-state index contributed by atoms with van der Waals surface area (Å²) < 4.78 is 32.1. The van der Waals surface area contributed by atoms with Crippen LogP contribution in [-0.4, -0.2) is 38.3 Å². The summed E-state index contributed by atoms with van der Waals surface area (Å²) in [6.45, 7) is 1.45. The van der Waals surface area contributed by atoms with Crippen LogP contribution in [0.4, 0.5) is 5.69 Å². The van der Waals surface area contributed by atoms with E-state index in [9.17, 15) is 13.2 Å². The van der Waals surface area contributed by atoms with Gasteiger partial charge in [0.25, 0.3) is 0 Å². The summed E-state index contributed by atoms with van der Waals surface area (Å²) in [5.41, 5.74) is 0.553. The SMILES string of the molecule is O=C(CCCOc1ccc(Cl)cc1Cl)Nc1ccc(S(=O)(=O)N2CCCC2)cc1. The number of hydrogen-bond donors (Lipinski definition) is 1. The molecule has 156 valence electrons. The minimum Gasteiger partial charge on any atom is -0.492 e. The largest absolute Gasteiger partial charge is 0.492 e. The van der Waals surface area contributed by atoms with E-state index in [1.54, 1.807) is 30.3 Å². The normalized spacial score (nSPS) is 14.7. The van der Waals surface area contributed by atoms with Crippen molar-refractivity contribution in [2.24, 2.45) is 0 Å². The van der Waals surface area contributed by atoms with E-state index in [-0.39, 0.29) is 17.2 Å². The van der Waals surface area contributed by atoms with E-state index in [4.69, 9.17) is 27.9 Å². The monoisotopic (exact) mass is 456 g/mol. The highest BCUT2D eigenvalue weighted by Gasteiger charge is 2.26. The second-order valence-corrected chi connectivity index (χ2v) is 9.49. The fraction of sp³-hybridized carbons (Fsp3) is 0.350. The summed E-state index contributed by atoms with van der Waals surface area (Å²) in [7, 11) is -3.45. The number of hydrogen-bond acceptors (Lipinski definition) is 4. The van der Waals surface area contributed by atoms with Gasteiger partial charge in [0.2, 0.25) is 15.9 Å². The Bertz CT molecular complexity index is 959. The van der Waals surface area contributed by atoms with Crippen LogP contribution in [0.25, 0.3) is 0 Å². The van der Waals surface area contributed by atoms with Gasteiger partial charge in [0.15, 0.2) is 0 Å². The molecule has 1 heterocycles. The predicted molar refractivity (Wildman–Crippen MR) is 114 cm³/mol. The number of sulfonamides is 1. The third-order valence-electron chi connectivity index (χ3n) is 4.54. The molecule has 2 aromatic rings. The molecule has 0 aromatic heterocycles. The van der Waals surface area contributed by atoms with E-state index in [1.165, 1.54) is 16.4 Å².